The number of benzene rings is 2. The van der Waals surface area contributed by atoms with Crippen LogP contribution in [0, 0.1) is 0 Å². The molecule has 0 saturated carbocycles. The lowest BCUT2D eigenvalue weighted by molar-refractivity contribution is 0.0526. The van der Waals surface area contributed by atoms with Crippen molar-refractivity contribution in [3.05, 3.63) is 81.3 Å². The van der Waals surface area contributed by atoms with Crippen LogP contribution in [-0.4, -0.2) is 12.6 Å². The molecule has 0 spiro atoms. The van der Waals surface area contributed by atoms with Crippen molar-refractivity contribution in [2.24, 2.45) is 0 Å². The van der Waals surface area contributed by atoms with Gasteiger partial charge in [-0.1, -0.05) is 48.0 Å². The van der Waals surface area contributed by atoms with Gasteiger partial charge >= 0.3 is 5.97 Å². The lowest BCUT2D eigenvalue weighted by atomic mass is 10.00. The zero-order valence-corrected chi connectivity index (χ0v) is 16.8. The van der Waals surface area contributed by atoms with Crippen LogP contribution in [0.25, 0.3) is 11.6 Å². The van der Waals surface area contributed by atoms with Crippen LogP contribution < -0.4 is 0 Å². The zero-order valence-electron chi connectivity index (χ0n) is 15.9. The molecule has 0 fully saturated rings. The molecular formula is C23H26O2S. The molecule has 0 amide bonds. The van der Waals surface area contributed by atoms with E-state index in [0.29, 0.717) is 12.2 Å². The minimum atomic E-state index is -0.283. The number of hydrogen-bond donors (Lipinski definition) is 1. The van der Waals surface area contributed by atoms with Gasteiger partial charge in [0, 0.05) is 6.42 Å². The van der Waals surface area contributed by atoms with Crippen LogP contribution in [0.15, 0.2) is 59.0 Å². The highest BCUT2D eigenvalue weighted by molar-refractivity contribution is 7.84. The third kappa shape index (κ3) is 5.63. The number of allylic oxidation sites excluding steroid dienone is 3. The molecule has 2 nitrogen and oxygen atoms in total. The first kappa shape index (κ1) is 20.1. The Hall–Kier alpha value is -2.26. The zero-order chi connectivity index (χ0) is 19.1. The maximum absolute atomic E-state index is 11.7. The fraction of sp³-hybridized carbons (Fsp3) is 0.261. The fourth-order valence-corrected chi connectivity index (χ4v) is 2.74. The second-order valence-electron chi connectivity index (χ2n) is 6.49. The predicted octanol–water partition coefficient (Wildman–Crippen LogP) is 6.19. The minimum absolute atomic E-state index is 0.283. The molecule has 0 aliphatic carbocycles. The monoisotopic (exact) mass is 366 g/mol. The Balaban J connectivity index is 2.19. The Bertz CT molecular complexity index is 826. The molecule has 2 aromatic rings. The van der Waals surface area contributed by atoms with E-state index in [-0.39, 0.29) is 5.97 Å². The average molecular weight is 367 g/mol. The van der Waals surface area contributed by atoms with Gasteiger partial charge < -0.3 is 4.74 Å². The third-order valence-electron chi connectivity index (χ3n) is 4.14. The van der Waals surface area contributed by atoms with Crippen molar-refractivity contribution >= 4 is 30.2 Å². The van der Waals surface area contributed by atoms with Gasteiger partial charge in [0.2, 0.25) is 0 Å². The summed E-state index contributed by atoms with van der Waals surface area (Å²) in [4.78, 5) is 12.8. The molecule has 0 aliphatic rings. The Morgan fingerprint density at radius 2 is 1.73 bits per heavy atom. The summed E-state index contributed by atoms with van der Waals surface area (Å²) in [5.41, 5.74) is 6.49. The topological polar surface area (TPSA) is 26.3 Å². The number of ether oxygens (including phenoxy) is 1. The maximum atomic E-state index is 11.7. The highest BCUT2D eigenvalue weighted by Crippen LogP contribution is 2.22. The summed E-state index contributed by atoms with van der Waals surface area (Å²) in [6.07, 6.45) is 2.97. The van der Waals surface area contributed by atoms with Gasteiger partial charge in [-0.05, 0) is 67.0 Å². The van der Waals surface area contributed by atoms with E-state index in [1.807, 2.05) is 12.1 Å². The lowest BCUT2D eigenvalue weighted by Crippen LogP contribution is -2.03. The van der Waals surface area contributed by atoms with Gasteiger partial charge in [0.05, 0.1) is 12.2 Å². The van der Waals surface area contributed by atoms with Crippen LogP contribution in [0.1, 0.15) is 54.7 Å². The number of rotatable bonds is 6. The van der Waals surface area contributed by atoms with Crippen molar-refractivity contribution in [2.75, 3.05) is 6.61 Å². The first-order chi connectivity index (χ1) is 12.4. The number of esters is 1. The first-order valence-electron chi connectivity index (χ1n) is 8.80. The lowest BCUT2D eigenvalue weighted by Gasteiger charge is -2.08. The van der Waals surface area contributed by atoms with Crippen LogP contribution >= 0.6 is 12.6 Å². The summed E-state index contributed by atoms with van der Waals surface area (Å²) in [5, 5.41) is 0. The van der Waals surface area contributed by atoms with Gasteiger partial charge in [-0.15, -0.1) is 12.6 Å². The minimum Gasteiger partial charge on any atom is -0.462 e. The van der Waals surface area contributed by atoms with Crippen molar-refractivity contribution in [3.63, 3.8) is 0 Å². The molecule has 0 bridgehead atoms. The van der Waals surface area contributed by atoms with Crippen molar-refractivity contribution in [2.45, 2.75) is 34.1 Å². The van der Waals surface area contributed by atoms with Crippen LogP contribution in [0.4, 0.5) is 0 Å². The van der Waals surface area contributed by atoms with E-state index in [9.17, 15) is 4.79 Å². The first-order valence-corrected chi connectivity index (χ1v) is 9.25. The molecule has 3 heteroatoms. The second kappa shape index (κ2) is 9.44. The van der Waals surface area contributed by atoms with Gasteiger partial charge in [-0.3, -0.25) is 0 Å². The maximum Gasteiger partial charge on any atom is 0.338 e. The smallest absolute Gasteiger partial charge is 0.338 e. The normalized spacial score (nSPS) is 11.2. The second-order valence-corrected chi connectivity index (χ2v) is 7.03. The van der Waals surface area contributed by atoms with E-state index in [0.717, 1.165) is 16.9 Å². The molecule has 26 heavy (non-hydrogen) atoms. The molecule has 136 valence electrons. The van der Waals surface area contributed by atoms with Crippen LogP contribution in [-0.2, 0) is 11.2 Å². The molecule has 0 atom stereocenters. The van der Waals surface area contributed by atoms with E-state index in [1.165, 1.54) is 22.3 Å². The van der Waals surface area contributed by atoms with E-state index >= 15 is 0 Å². The molecule has 2 aromatic carbocycles. The average Bonchev–Trinajstić information content (AvgIpc) is 2.62. The molecule has 0 unspecified atom stereocenters. The Labute approximate surface area is 162 Å². The Morgan fingerprint density at radius 1 is 1.04 bits per heavy atom. The van der Waals surface area contributed by atoms with Crippen molar-refractivity contribution < 1.29 is 9.53 Å². The highest BCUT2D eigenvalue weighted by atomic mass is 32.1. The van der Waals surface area contributed by atoms with E-state index < -0.39 is 0 Å². The molecular weight excluding hydrogens is 340 g/mol. The Morgan fingerprint density at radius 3 is 2.35 bits per heavy atom. The number of carbonyl (C=O) groups is 1. The largest absolute Gasteiger partial charge is 0.462 e. The third-order valence-corrected chi connectivity index (χ3v) is 4.74. The van der Waals surface area contributed by atoms with Gasteiger partial charge in [0.25, 0.3) is 0 Å². The SMILES string of the molecule is CCOC(=O)c1ccc(C=C(C)c2cccc(CC(S)=C(C)C)c2)cc1. The number of thiol groups is 1. The number of hydrogen-bond acceptors (Lipinski definition) is 3. The highest BCUT2D eigenvalue weighted by Gasteiger charge is 2.05. The summed E-state index contributed by atoms with van der Waals surface area (Å²) < 4.78 is 5.02. The van der Waals surface area contributed by atoms with Gasteiger partial charge in [-0.2, -0.15) is 0 Å². The molecule has 0 radical (unpaired) electrons. The summed E-state index contributed by atoms with van der Waals surface area (Å²) in [6.45, 7) is 8.45. The summed E-state index contributed by atoms with van der Waals surface area (Å²) in [5.74, 6) is -0.283. The standard InChI is InChI=1S/C23H26O2S/c1-5-25-23(24)20-11-9-18(10-12-20)13-17(4)21-8-6-7-19(14-21)15-22(26)16(2)3/h6-14,26H,5,15H2,1-4H3. The van der Waals surface area contributed by atoms with E-state index in [2.05, 4.69) is 63.7 Å². The Kier molecular flexibility index (Phi) is 7.28. The molecule has 0 aliphatic heterocycles. The van der Waals surface area contributed by atoms with E-state index in [1.54, 1.807) is 19.1 Å². The van der Waals surface area contributed by atoms with Gasteiger partial charge in [0.1, 0.15) is 0 Å². The fourth-order valence-electron chi connectivity index (χ4n) is 2.56. The van der Waals surface area contributed by atoms with Crippen LogP contribution in [0.2, 0.25) is 0 Å². The number of carbonyl (C=O) groups excluding carboxylic acids is 1. The van der Waals surface area contributed by atoms with E-state index in [4.69, 9.17) is 4.74 Å². The van der Waals surface area contributed by atoms with Crippen LogP contribution in [0.3, 0.4) is 0 Å². The van der Waals surface area contributed by atoms with Gasteiger partial charge in [-0.25, -0.2) is 4.79 Å². The summed E-state index contributed by atoms with van der Waals surface area (Å²) in [7, 11) is 0. The molecule has 2 rings (SSSR count). The van der Waals surface area contributed by atoms with Crippen molar-refractivity contribution in [3.8, 4) is 0 Å². The summed E-state index contributed by atoms with van der Waals surface area (Å²) >= 11 is 4.57. The molecule has 0 aromatic heterocycles. The molecule has 0 saturated heterocycles. The van der Waals surface area contributed by atoms with Crippen LogP contribution in [0.5, 0.6) is 0 Å². The predicted molar refractivity (Wildman–Crippen MR) is 113 cm³/mol. The quantitative estimate of drug-likeness (QED) is 0.375. The van der Waals surface area contributed by atoms with Gasteiger partial charge in [0.15, 0.2) is 0 Å². The molecule has 0 heterocycles. The summed E-state index contributed by atoms with van der Waals surface area (Å²) in [6, 6.07) is 16.0. The van der Waals surface area contributed by atoms with Crippen molar-refractivity contribution in [1.29, 1.82) is 0 Å². The van der Waals surface area contributed by atoms with Crippen molar-refractivity contribution in [1.82, 2.24) is 0 Å². The molecule has 0 N–H and O–H groups in total.